The summed E-state index contributed by atoms with van der Waals surface area (Å²) in [5.41, 5.74) is 2.35. The van der Waals surface area contributed by atoms with E-state index in [1.165, 1.54) is 5.56 Å². The zero-order valence-electron chi connectivity index (χ0n) is 8.06. The van der Waals surface area contributed by atoms with Crippen LogP contribution in [0.15, 0.2) is 16.6 Å². The molecule has 0 aliphatic heterocycles. The summed E-state index contributed by atoms with van der Waals surface area (Å²) >= 11 is 3.46. The molecule has 1 aromatic rings. The zero-order valence-corrected chi connectivity index (χ0v) is 9.64. The van der Waals surface area contributed by atoms with Gasteiger partial charge in [-0.1, -0.05) is 15.9 Å². The average molecular weight is 245 g/mol. The lowest BCUT2D eigenvalue weighted by atomic mass is 10.1. The molecule has 0 bridgehead atoms. The van der Waals surface area contributed by atoms with Crippen molar-refractivity contribution in [3.63, 3.8) is 0 Å². The predicted molar refractivity (Wildman–Crippen MR) is 56.1 cm³/mol. The molecule has 72 valence electrons. The summed E-state index contributed by atoms with van der Waals surface area (Å²) < 4.78 is 11.3. The molecule has 0 unspecified atom stereocenters. The highest BCUT2D eigenvalue weighted by atomic mass is 79.9. The molecule has 2 nitrogen and oxygen atoms in total. The highest BCUT2D eigenvalue weighted by Crippen LogP contribution is 2.27. The molecule has 1 rings (SSSR count). The number of methoxy groups -OCH3 is 1. The second-order valence-electron chi connectivity index (χ2n) is 2.85. The van der Waals surface area contributed by atoms with E-state index in [-0.39, 0.29) is 0 Å². The molecule has 0 N–H and O–H groups in total. The van der Waals surface area contributed by atoms with Crippen LogP contribution in [0.3, 0.4) is 0 Å². The van der Waals surface area contributed by atoms with Crippen molar-refractivity contribution in [2.24, 2.45) is 0 Å². The van der Waals surface area contributed by atoms with Crippen molar-refractivity contribution >= 4 is 15.9 Å². The molecule has 0 radical (unpaired) electrons. The highest BCUT2D eigenvalue weighted by molar-refractivity contribution is 9.10. The van der Waals surface area contributed by atoms with Crippen LogP contribution in [0.25, 0.3) is 0 Å². The van der Waals surface area contributed by atoms with Gasteiger partial charge in [0.15, 0.2) is 6.79 Å². The van der Waals surface area contributed by atoms with Crippen LogP contribution in [0.5, 0.6) is 5.75 Å². The minimum Gasteiger partial charge on any atom is -0.467 e. The Labute approximate surface area is 87.0 Å². The van der Waals surface area contributed by atoms with Gasteiger partial charge in [0.25, 0.3) is 0 Å². The predicted octanol–water partition coefficient (Wildman–Crippen LogP) is 3.05. The molecule has 0 saturated heterocycles. The van der Waals surface area contributed by atoms with E-state index in [1.54, 1.807) is 7.11 Å². The van der Waals surface area contributed by atoms with Crippen LogP contribution in [0, 0.1) is 13.8 Å². The van der Waals surface area contributed by atoms with Gasteiger partial charge < -0.3 is 9.47 Å². The summed E-state index contributed by atoms with van der Waals surface area (Å²) in [6, 6.07) is 3.92. The monoisotopic (exact) mass is 244 g/mol. The first-order valence-electron chi connectivity index (χ1n) is 4.04. The molecule has 0 atom stereocenters. The molecular weight excluding hydrogens is 232 g/mol. The quantitative estimate of drug-likeness (QED) is 0.762. The Morgan fingerprint density at radius 2 is 1.92 bits per heavy atom. The van der Waals surface area contributed by atoms with E-state index in [0.717, 1.165) is 15.8 Å². The summed E-state index contributed by atoms with van der Waals surface area (Å²) in [6.45, 7) is 4.38. The summed E-state index contributed by atoms with van der Waals surface area (Å²) in [7, 11) is 1.61. The van der Waals surface area contributed by atoms with Crippen molar-refractivity contribution in [3.05, 3.63) is 27.7 Å². The van der Waals surface area contributed by atoms with Crippen molar-refractivity contribution in [2.45, 2.75) is 13.8 Å². The lowest BCUT2D eigenvalue weighted by Crippen LogP contribution is -2.01. The van der Waals surface area contributed by atoms with Crippen LogP contribution >= 0.6 is 15.9 Å². The van der Waals surface area contributed by atoms with Crippen LogP contribution in [0.4, 0.5) is 0 Å². The fourth-order valence-corrected chi connectivity index (χ4v) is 1.47. The fraction of sp³-hybridized carbons (Fsp3) is 0.400. The van der Waals surface area contributed by atoms with Gasteiger partial charge in [0.2, 0.25) is 0 Å². The second-order valence-corrected chi connectivity index (χ2v) is 3.70. The smallest absolute Gasteiger partial charge is 0.188 e. The van der Waals surface area contributed by atoms with Crippen LogP contribution in [-0.4, -0.2) is 13.9 Å². The van der Waals surface area contributed by atoms with Crippen molar-refractivity contribution < 1.29 is 9.47 Å². The molecule has 1 aromatic carbocycles. The number of rotatable bonds is 3. The lowest BCUT2D eigenvalue weighted by Gasteiger charge is -2.10. The molecule has 0 fully saturated rings. The SMILES string of the molecule is COCOc1ccc(Br)c(C)c1C. The number of hydrogen-bond donors (Lipinski definition) is 0. The maximum atomic E-state index is 5.38. The Morgan fingerprint density at radius 1 is 1.23 bits per heavy atom. The van der Waals surface area contributed by atoms with Crippen molar-refractivity contribution in [3.8, 4) is 5.75 Å². The maximum Gasteiger partial charge on any atom is 0.188 e. The molecule has 13 heavy (non-hydrogen) atoms. The van der Waals surface area contributed by atoms with E-state index >= 15 is 0 Å². The average Bonchev–Trinajstić information content (AvgIpc) is 2.13. The molecule has 3 heteroatoms. The number of halogens is 1. The molecule has 0 saturated carbocycles. The minimum atomic E-state index is 0.294. The summed E-state index contributed by atoms with van der Waals surface area (Å²) in [4.78, 5) is 0. The number of ether oxygens (including phenoxy) is 2. The van der Waals surface area contributed by atoms with E-state index in [4.69, 9.17) is 9.47 Å². The van der Waals surface area contributed by atoms with Crippen molar-refractivity contribution in [2.75, 3.05) is 13.9 Å². The molecule has 0 aliphatic carbocycles. The van der Waals surface area contributed by atoms with Crippen LogP contribution in [0.2, 0.25) is 0 Å². The van der Waals surface area contributed by atoms with E-state index in [1.807, 2.05) is 19.1 Å². The van der Waals surface area contributed by atoms with E-state index in [0.29, 0.717) is 6.79 Å². The first-order chi connectivity index (χ1) is 6.16. The van der Waals surface area contributed by atoms with Gasteiger partial charge in [-0.15, -0.1) is 0 Å². The van der Waals surface area contributed by atoms with Gasteiger partial charge in [-0.2, -0.15) is 0 Å². The van der Waals surface area contributed by atoms with Gasteiger partial charge in [-0.05, 0) is 37.1 Å². The Hall–Kier alpha value is -0.540. The summed E-state index contributed by atoms with van der Waals surface area (Å²) in [5, 5.41) is 0. The number of hydrogen-bond acceptors (Lipinski definition) is 2. The Kier molecular flexibility index (Phi) is 3.75. The number of benzene rings is 1. The van der Waals surface area contributed by atoms with E-state index < -0.39 is 0 Å². The van der Waals surface area contributed by atoms with Crippen LogP contribution < -0.4 is 4.74 Å². The normalized spacial score (nSPS) is 10.2. The van der Waals surface area contributed by atoms with Gasteiger partial charge >= 0.3 is 0 Å². The van der Waals surface area contributed by atoms with Crippen LogP contribution in [0.1, 0.15) is 11.1 Å². The van der Waals surface area contributed by atoms with E-state index in [9.17, 15) is 0 Å². The van der Waals surface area contributed by atoms with E-state index in [2.05, 4.69) is 22.9 Å². The standard InChI is InChI=1S/C10H13BrO2/c1-7-8(2)10(13-6-12-3)5-4-9(7)11/h4-5H,6H2,1-3H3. The molecule has 0 aromatic heterocycles. The van der Waals surface area contributed by atoms with Gasteiger partial charge in [0, 0.05) is 11.6 Å². The van der Waals surface area contributed by atoms with Crippen molar-refractivity contribution in [1.82, 2.24) is 0 Å². The Morgan fingerprint density at radius 3 is 2.54 bits per heavy atom. The molecule has 0 spiro atoms. The lowest BCUT2D eigenvalue weighted by molar-refractivity contribution is 0.0506. The van der Waals surface area contributed by atoms with Crippen LogP contribution in [-0.2, 0) is 4.74 Å². The highest BCUT2D eigenvalue weighted by Gasteiger charge is 2.04. The third kappa shape index (κ3) is 2.45. The molecule has 0 heterocycles. The molecule has 0 amide bonds. The van der Waals surface area contributed by atoms with Crippen molar-refractivity contribution in [1.29, 1.82) is 0 Å². The minimum absolute atomic E-state index is 0.294. The Balaban J connectivity index is 2.90. The maximum absolute atomic E-state index is 5.38. The Bertz CT molecular complexity index is 297. The fourth-order valence-electron chi connectivity index (χ4n) is 1.04. The first-order valence-corrected chi connectivity index (χ1v) is 4.83. The third-order valence-corrected chi connectivity index (χ3v) is 2.86. The summed E-state index contributed by atoms with van der Waals surface area (Å²) in [6.07, 6.45) is 0. The first kappa shape index (κ1) is 10.5. The molecular formula is C10H13BrO2. The van der Waals surface area contributed by atoms with Gasteiger partial charge in [-0.25, -0.2) is 0 Å². The zero-order chi connectivity index (χ0) is 9.84. The third-order valence-electron chi connectivity index (χ3n) is 2.00. The second kappa shape index (κ2) is 4.63. The van der Waals surface area contributed by atoms with Gasteiger partial charge in [0.05, 0.1) is 0 Å². The summed E-state index contributed by atoms with van der Waals surface area (Å²) in [5.74, 6) is 0.877. The largest absolute Gasteiger partial charge is 0.467 e. The van der Waals surface area contributed by atoms with Gasteiger partial charge in [-0.3, -0.25) is 0 Å². The topological polar surface area (TPSA) is 18.5 Å². The van der Waals surface area contributed by atoms with Gasteiger partial charge in [0.1, 0.15) is 5.75 Å². The molecule has 0 aliphatic rings.